The Balaban J connectivity index is 2.04. The minimum absolute atomic E-state index is 0.591. The first kappa shape index (κ1) is 13.0. The molecule has 0 aliphatic heterocycles. The lowest BCUT2D eigenvalue weighted by atomic mass is 10.2. The number of H-pyrrole nitrogens is 1. The molecule has 0 aliphatic carbocycles. The highest BCUT2D eigenvalue weighted by molar-refractivity contribution is 7.71. The smallest absolute Gasteiger partial charge is 0.151 e. The maximum Gasteiger partial charge on any atom is 0.151 e. The zero-order valence-electron chi connectivity index (χ0n) is 10.8. The van der Waals surface area contributed by atoms with Gasteiger partial charge in [0.25, 0.3) is 0 Å². The van der Waals surface area contributed by atoms with E-state index in [-0.39, 0.29) is 0 Å². The number of aromatic nitrogens is 2. The number of para-hydroxylation sites is 1. The molecule has 0 unspecified atom stereocenters. The lowest BCUT2D eigenvalue weighted by Crippen LogP contribution is -1.90. The molecule has 2 heterocycles. The summed E-state index contributed by atoms with van der Waals surface area (Å²) in [4.78, 5) is 8.77. The van der Waals surface area contributed by atoms with E-state index in [0.29, 0.717) is 4.64 Å². The third-order valence-corrected chi connectivity index (χ3v) is 5.37. The Morgan fingerprint density at radius 1 is 1.00 bits per heavy atom. The number of hydrogen-bond acceptors (Lipinski definition) is 3. The first-order chi connectivity index (χ1) is 10.2. The van der Waals surface area contributed by atoms with Crippen molar-refractivity contribution in [2.24, 2.45) is 0 Å². The fourth-order valence-electron chi connectivity index (χ4n) is 2.37. The molecule has 4 aromatic rings. The van der Waals surface area contributed by atoms with Gasteiger partial charge in [-0.05, 0) is 18.2 Å². The average molecular weight is 329 g/mol. The Morgan fingerprint density at radius 3 is 2.52 bits per heavy atom. The number of aromatic amines is 1. The maximum absolute atomic E-state index is 6.51. The van der Waals surface area contributed by atoms with Gasteiger partial charge in [-0.15, -0.1) is 11.3 Å². The van der Waals surface area contributed by atoms with Gasteiger partial charge in [0.1, 0.15) is 4.64 Å². The Hall–Kier alpha value is -1.75. The lowest BCUT2D eigenvalue weighted by Gasteiger charge is -2.02. The van der Waals surface area contributed by atoms with Crippen LogP contribution in [0.2, 0.25) is 5.02 Å². The summed E-state index contributed by atoms with van der Waals surface area (Å²) in [5.41, 5.74) is 0.973. The summed E-state index contributed by atoms with van der Waals surface area (Å²) in [5, 5.41) is 2.73. The number of nitrogens with one attached hydrogen (secondary N) is 1. The third-order valence-electron chi connectivity index (χ3n) is 3.37. The number of hydrogen-bond donors (Lipinski definition) is 1. The highest BCUT2D eigenvalue weighted by Crippen LogP contribution is 2.40. The van der Waals surface area contributed by atoms with Crippen LogP contribution in [-0.2, 0) is 0 Å². The van der Waals surface area contributed by atoms with Gasteiger partial charge in [0, 0.05) is 15.5 Å². The van der Waals surface area contributed by atoms with Crippen LogP contribution >= 0.6 is 35.2 Å². The Bertz CT molecular complexity index is 1030. The summed E-state index contributed by atoms with van der Waals surface area (Å²) in [6.45, 7) is 0. The SMILES string of the molecule is S=c1nc(-c2sc3ccccc3c2Cl)[nH]c2ccccc12. The first-order valence-electron chi connectivity index (χ1n) is 6.40. The van der Waals surface area contributed by atoms with Crippen molar-refractivity contribution < 1.29 is 0 Å². The number of benzene rings is 2. The molecule has 2 nitrogen and oxygen atoms in total. The maximum atomic E-state index is 6.51. The molecule has 0 fully saturated rings. The third kappa shape index (κ3) is 2.07. The molecule has 2 aromatic heterocycles. The number of nitrogens with zero attached hydrogens (tertiary/aromatic N) is 1. The van der Waals surface area contributed by atoms with E-state index in [9.17, 15) is 0 Å². The Morgan fingerprint density at radius 2 is 1.71 bits per heavy atom. The highest BCUT2D eigenvalue weighted by atomic mass is 35.5. The van der Waals surface area contributed by atoms with Crippen molar-refractivity contribution in [2.45, 2.75) is 0 Å². The topological polar surface area (TPSA) is 28.7 Å². The van der Waals surface area contributed by atoms with E-state index in [1.54, 1.807) is 11.3 Å². The quantitative estimate of drug-likeness (QED) is 0.445. The van der Waals surface area contributed by atoms with Crippen LogP contribution in [0.5, 0.6) is 0 Å². The van der Waals surface area contributed by atoms with Gasteiger partial charge in [0.2, 0.25) is 0 Å². The standard InChI is InChI=1S/C16H9ClN2S2/c17-13-10-6-2-4-8-12(10)21-14(13)15-18-11-7-3-1-5-9(11)16(20)19-15/h1-8H,(H,18,19,20). The number of thiophene rings is 1. The Kier molecular flexibility index (Phi) is 3.03. The summed E-state index contributed by atoms with van der Waals surface area (Å²) >= 11 is 13.5. The van der Waals surface area contributed by atoms with Gasteiger partial charge in [0.15, 0.2) is 5.82 Å². The lowest BCUT2D eigenvalue weighted by molar-refractivity contribution is 1.22. The molecule has 0 spiro atoms. The van der Waals surface area contributed by atoms with Gasteiger partial charge >= 0.3 is 0 Å². The predicted octanol–water partition coefficient (Wildman–Crippen LogP) is 5.83. The van der Waals surface area contributed by atoms with E-state index in [1.165, 1.54) is 0 Å². The van der Waals surface area contributed by atoms with E-state index in [1.807, 2.05) is 42.5 Å². The van der Waals surface area contributed by atoms with Crippen LogP contribution in [0.3, 0.4) is 0 Å². The number of halogens is 1. The van der Waals surface area contributed by atoms with Gasteiger partial charge < -0.3 is 4.98 Å². The molecule has 0 saturated carbocycles. The van der Waals surface area contributed by atoms with Crippen molar-refractivity contribution in [3.8, 4) is 10.7 Å². The van der Waals surface area contributed by atoms with Crippen LogP contribution in [0, 0.1) is 4.64 Å². The first-order valence-corrected chi connectivity index (χ1v) is 8.01. The molecule has 2 aromatic carbocycles. The second-order valence-electron chi connectivity index (χ2n) is 4.68. The summed E-state index contributed by atoms with van der Waals surface area (Å²) < 4.78 is 1.74. The minimum Gasteiger partial charge on any atom is -0.338 e. The van der Waals surface area contributed by atoms with Gasteiger partial charge in [-0.2, -0.15) is 0 Å². The molecule has 4 rings (SSSR count). The molecule has 0 amide bonds. The minimum atomic E-state index is 0.591. The summed E-state index contributed by atoms with van der Waals surface area (Å²) in [7, 11) is 0. The summed E-state index contributed by atoms with van der Waals surface area (Å²) in [6.07, 6.45) is 0. The van der Waals surface area contributed by atoms with Crippen LogP contribution in [0.15, 0.2) is 48.5 Å². The van der Waals surface area contributed by atoms with Crippen molar-refractivity contribution in [1.82, 2.24) is 9.97 Å². The van der Waals surface area contributed by atoms with Crippen molar-refractivity contribution >= 4 is 56.1 Å². The van der Waals surface area contributed by atoms with Crippen LogP contribution in [0.4, 0.5) is 0 Å². The predicted molar refractivity (Wildman–Crippen MR) is 92.8 cm³/mol. The van der Waals surface area contributed by atoms with Gasteiger partial charge in [-0.1, -0.05) is 54.2 Å². The van der Waals surface area contributed by atoms with E-state index < -0.39 is 0 Å². The molecule has 0 bridgehead atoms. The monoisotopic (exact) mass is 328 g/mol. The van der Waals surface area contributed by atoms with Crippen molar-refractivity contribution in [3.05, 3.63) is 58.2 Å². The normalized spacial score (nSPS) is 11.3. The van der Waals surface area contributed by atoms with E-state index in [0.717, 1.165) is 36.7 Å². The van der Waals surface area contributed by atoms with E-state index in [2.05, 4.69) is 16.0 Å². The summed E-state index contributed by atoms with van der Waals surface area (Å²) in [6, 6.07) is 16.0. The van der Waals surface area contributed by atoms with Gasteiger partial charge in [-0.3, -0.25) is 0 Å². The van der Waals surface area contributed by atoms with E-state index >= 15 is 0 Å². The van der Waals surface area contributed by atoms with Crippen LogP contribution in [0.1, 0.15) is 0 Å². The largest absolute Gasteiger partial charge is 0.338 e. The molecular formula is C16H9ClN2S2. The van der Waals surface area contributed by atoms with Crippen LogP contribution in [0.25, 0.3) is 31.7 Å². The number of fused-ring (bicyclic) bond motifs is 2. The molecular weight excluding hydrogens is 320 g/mol. The van der Waals surface area contributed by atoms with E-state index in [4.69, 9.17) is 23.8 Å². The van der Waals surface area contributed by atoms with Crippen molar-refractivity contribution in [2.75, 3.05) is 0 Å². The van der Waals surface area contributed by atoms with Crippen LogP contribution in [-0.4, -0.2) is 9.97 Å². The molecule has 5 heteroatoms. The fourth-order valence-corrected chi connectivity index (χ4v) is 4.10. The van der Waals surface area contributed by atoms with Crippen molar-refractivity contribution in [3.63, 3.8) is 0 Å². The van der Waals surface area contributed by atoms with Crippen LogP contribution < -0.4 is 0 Å². The van der Waals surface area contributed by atoms with Gasteiger partial charge in [0.05, 0.1) is 15.4 Å². The number of rotatable bonds is 1. The molecule has 102 valence electrons. The zero-order valence-corrected chi connectivity index (χ0v) is 13.1. The molecule has 1 N–H and O–H groups in total. The Labute approximate surface area is 135 Å². The van der Waals surface area contributed by atoms with Gasteiger partial charge in [-0.25, -0.2) is 4.98 Å². The molecule has 0 saturated heterocycles. The molecule has 0 radical (unpaired) electrons. The second-order valence-corrected chi connectivity index (χ2v) is 6.49. The average Bonchev–Trinajstić information content (AvgIpc) is 2.85. The molecule has 21 heavy (non-hydrogen) atoms. The zero-order chi connectivity index (χ0) is 14.4. The van der Waals surface area contributed by atoms with Crippen molar-refractivity contribution in [1.29, 1.82) is 0 Å². The molecule has 0 aliphatic rings. The highest BCUT2D eigenvalue weighted by Gasteiger charge is 2.14. The molecule has 0 atom stereocenters. The second kappa shape index (κ2) is 4.91. The fraction of sp³-hybridized carbons (Fsp3) is 0. The summed E-state index contributed by atoms with van der Waals surface area (Å²) in [5.74, 6) is 0.727.